The second kappa shape index (κ2) is 5.55. The zero-order valence-electron chi connectivity index (χ0n) is 12.7. The van der Waals surface area contributed by atoms with E-state index in [0.29, 0.717) is 23.1 Å². The van der Waals surface area contributed by atoms with E-state index >= 15 is 0 Å². The van der Waals surface area contributed by atoms with Crippen molar-refractivity contribution in [2.24, 2.45) is 0 Å². The number of benzene rings is 2. The van der Waals surface area contributed by atoms with E-state index in [1.807, 2.05) is 6.07 Å². The maximum absolute atomic E-state index is 13.0. The highest BCUT2D eigenvalue weighted by Gasteiger charge is 2.25. The summed E-state index contributed by atoms with van der Waals surface area (Å²) in [6.07, 6.45) is 0.580. The first-order valence-electron chi connectivity index (χ1n) is 6.95. The number of para-hydroxylation sites is 1. The molecular formula is C17H15NO4S. The van der Waals surface area contributed by atoms with Gasteiger partial charge >= 0.3 is 0 Å². The highest BCUT2D eigenvalue weighted by Crippen LogP contribution is 2.29. The molecule has 0 fully saturated rings. The van der Waals surface area contributed by atoms with Crippen LogP contribution in [-0.4, -0.2) is 25.8 Å². The van der Waals surface area contributed by atoms with Crippen LogP contribution in [0.25, 0.3) is 10.9 Å². The van der Waals surface area contributed by atoms with Crippen LogP contribution in [0, 0.1) is 6.92 Å². The number of fused-ring (bicyclic) bond motifs is 1. The summed E-state index contributed by atoms with van der Waals surface area (Å²) in [6, 6.07) is 13.1. The first-order chi connectivity index (χ1) is 11.0. The second-order valence-corrected chi connectivity index (χ2v) is 6.88. The van der Waals surface area contributed by atoms with Crippen molar-refractivity contribution in [2.75, 3.05) is 7.11 Å². The van der Waals surface area contributed by atoms with Gasteiger partial charge in [0.25, 0.3) is 10.0 Å². The number of aromatic nitrogens is 1. The van der Waals surface area contributed by atoms with Crippen molar-refractivity contribution >= 4 is 27.2 Å². The summed E-state index contributed by atoms with van der Waals surface area (Å²) in [7, 11) is -2.37. The Morgan fingerprint density at radius 1 is 1.04 bits per heavy atom. The van der Waals surface area contributed by atoms with E-state index in [1.165, 1.54) is 19.2 Å². The van der Waals surface area contributed by atoms with E-state index in [-0.39, 0.29) is 10.6 Å². The molecule has 0 saturated carbocycles. The van der Waals surface area contributed by atoms with Crippen molar-refractivity contribution < 1.29 is 17.9 Å². The van der Waals surface area contributed by atoms with Crippen molar-refractivity contribution in [3.05, 3.63) is 59.8 Å². The van der Waals surface area contributed by atoms with E-state index in [4.69, 9.17) is 4.74 Å². The number of methoxy groups -OCH3 is 1. The molecule has 6 heteroatoms. The molecule has 1 aromatic heterocycles. The molecule has 3 aromatic rings. The number of carbonyl (C=O) groups is 1. The Hall–Kier alpha value is -2.60. The van der Waals surface area contributed by atoms with Crippen molar-refractivity contribution in [1.82, 2.24) is 3.97 Å². The van der Waals surface area contributed by atoms with Crippen molar-refractivity contribution in [2.45, 2.75) is 11.8 Å². The third-order valence-corrected chi connectivity index (χ3v) is 5.58. The molecule has 3 rings (SSSR count). The predicted octanol–water partition coefficient (Wildman–Crippen LogP) is 3.01. The van der Waals surface area contributed by atoms with Gasteiger partial charge in [-0.05, 0) is 42.8 Å². The zero-order chi connectivity index (χ0) is 16.6. The van der Waals surface area contributed by atoms with Crippen LogP contribution in [0.15, 0.2) is 53.4 Å². The normalized spacial score (nSPS) is 11.6. The van der Waals surface area contributed by atoms with Gasteiger partial charge in [-0.1, -0.05) is 18.2 Å². The molecule has 118 valence electrons. The molecule has 0 aliphatic carbocycles. The molecule has 2 aromatic carbocycles. The van der Waals surface area contributed by atoms with Crippen molar-refractivity contribution in [3.63, 3.8) is 0 Å². The summed E-state index contributed by atoms with van der Waals surface area (Å²) in [4.78, 5) is 11.6. The molecule has 0 spiro atoms. The average Bonchev–Trinajstić information content (AvgIpc) is 2.88. The van der Waals surface area contributed by atoms with Crippen LogP contribution in [0.5, 0.6) is 5.75 Å². The smallest absolute Gasteiger partial charge is 0.268 e. The number of nitrogens with zero attached hydrogens (tertiary/aromatic N) is 1. The van der Waals surface area contributed by atoms with Gasteiger partial charge in [0.1, 0.15) is 11.4 Å². The second-order valence-electron chi connectivity index (χ2n) is 5.09. The highest BCUT2D eigenvalue weighted by molar-refractivity contribution is 7.90. The van der Waals surface area contributed by atoms with Gasteiger partial charge in [-0.2, -0.15) is 0 Å². The van der Waals surface area contributed by atoms with Crippen LogP contribution in [0.4, 0.5) is 0 Å². The van der Waals surface area contributed by atoms with E-state index in [2.05, 4.69) is 0 Å². The molecule has 0 amide bonds. The molecule has 5 nitrogen and oxygen atoms in total. The largest absolute Gasteiger partial charge is 0.497 e. The molecule has 0 aliphatic heterocycles. The lowest BCUT2D eigenvalue weighted by atomic mass is 10.2. The molecule has 0 radical (unpaired) electrons. The van der Waals surface area contributed by atoms with Crippen LogP contribution in [0.3, 0.4) is 0 Å². The summed E-state index contributed by atoms with van der Waals surface area (Å²) in [5.41, 5.74) is 1.28. The molecule has 0 unspecified atom stereocenters. The van der Waals surface area contributed by atoms with Crippen LogP contribution < -0.4 is 4.74 Å². The predicted molar refractivity (Wildman–Crippen MR) is 87.6 cm³/mol. The number of hydrogen-bond donors (Lipinski definition) is 0. The topological polar surface area (TPSA) is 65.4 Å². The highest BCUT2D eigenvalue weighted by atomic mass is 32.2. The molecule has 0 aliphatic rings. The number of carbonyl (C=O) groups excluding carboxylic acids is 1. The monoisotopic (exact) mass is 329 g/mol. The lowest BCUT2D eigenvalue weighted by Crippen LogP contribution is -2.15. The minimum atomic E-state index is -3.88. The first kappa shape index (κ1) is 15.3. The molecule has 0 N–H and O–H groups in total. The van der Waals surface area contributed by atoms with Gasteiger partial charge in [0, 0.05) is 5.39 Å². The Morgan fingerprint density at radius 3 is 2.30 bits per heavy atom. The zero-order valence-corrected chi connectivity index (χ0v) is 13.5. The van der Waals surface area contributed by atoms with Crippen molar-refractivity contribution in [3.8, 4) is 5.75 Å². The third-order valence-electron chi connectivity index (χ3n) is 3.84. The maximum atomic E-state index is 13.0. The van der Waals surface area contributed by atoms with Gasteiger partial charge in [0.15, 0.2) is 6.29 Å². The number of hydrogen-bond acceptors (Lipinski definition) is 4. The van der Waals surface area contributed by atoms with Crippen LogP contribution in [0.1, 0.15) is 16.1 Å². The van der Waals surface area contributed by atoms with E-state index < -0.39 is 10.0 Å². The van der Waals surface area contributed by atoms with Gasteiger partial charge < -0.3 is 4.74 Å². The van der Waals surface area contributed by atoms with E-state index in [0.717, 1.165) is 9.36 Å². The molecule has 23 heavy (non-hydrogen) atoms. The Bertz CT molecular complexity index is 985. The average molecular weight is 329 g/mol. The maximum Gasteiger partial charge on any atom is 0.268 e. The number of rotatable bonds is 4. The molecule has 0 bridgehead atoms. The lowest BCUT2D eigenvalue weighted by molar-refractivity contribution is 0.111. The Kier molecular flexibility index (Phi) is 3.69. The lowest BCUT2D eigenvalue weighted by Gasteiger charge is -2.10. The Balaban J connectivity index is 2.31. The summed E-state index contributed by atoms with van der Waals surface area (Å²) in [6.45, 7) is 1.74. The fourth-order valence-corrected chi connectivity index (χ4v) is 4.18. The summed E-state index contributed by atoms with van der Waals surface area (Å²) >= 11 is 0. The number of ether oxygens (including phenoxy) is 1. The molecule has 1 heterocycles. The van der Waals surface area contributed by atoms with Crippen molar-refractivity contribution in [1.29, 1.82) is 0 Å². The Morgan fingerprint density at radius 2 is 1.70 bits per heavy atom. The van der Waals surface area contributed by atoms with Gasteiger partial charge in [0.2, 0.25) is 0 Å². The third kappa shape index (κ3) is 2.31. The van der Waals surface area contributed by atoms with Crippen LogP contribution in [0.2, 0.25) is 0 Å². The van der Waals surface area contributed by atoms with E-state index in [9.17, 15) is 13.2 Å². The van der Waals surface area contributed by atoms with Crippen LogP contribution in [-0.2, 0) is 10.0 Å². The Labute approximate surface area is 134 Å². The fraction of sp³-hybridized carbons (Fsp3) is 0.118. The summed E-state index contributed by atoms with van der Waals surface area (Å²) in [5.74, 6) is 0.563. The minimum absolute atomic E-state index is 0.0992. The molecule has 0 atom stereocenters. The van der Waals surface area contributed by atoms with Gasteiger partial charge in [0.05, 0.1) is 17.5 Å². The SMILES string of the molecule is COc1ccc(S(=O)(=O)n2c(C=O)c(C)c3ccccc32)cc1. The van der Waals surface area contributed by atoms with Crippen LogP contribution >= 0.6 is 0 Å². The first-order valence-corrected chi connectivity index (χ1v) is 8.39. The molecule has 0 saturated heterocycles. The van der Waals surface area contributed by atoms with E-state index in [1.54, 1.807) is 37.3 Å². The number of aldehydes is 1. The summed E-state index contributed by atoms with van der Waals surface area (Å²) < 4.78 is 32.2. The standard InChI is InChI=1S/C17H15NO4S/c1-12-15-5-3-4-6-16(15)18(17(12)11-19)23(20,21)14-9-7-13(22-2)8-10-14/h3-11H,1-2H3. The van der Waals surface area contributed by atoms with Gasteiger partial charge in [-0.15, -0.1) is 0 Å². The molecular weight excluding hydrogens is 314 g/mol. The minimum Gasteiger partial charge on any atom is -0.497 e. The summed E-state index contributed by atoms with van der Waals surface area (Å²) in [5, 5.41) is 0.742. The van der Waals surface area contributed by atoms with Gasteiger partial charge in [-0.3, -0.25) is 4.79 Å². The van der Waals surface area contributed by atoms with Gasteiger partial charge in [-0.25, -0.2) is 12.4 Å². The quantitative estimate of drug-likeness (QED) is 0.690. The number of aryl methyl sites for hydroxylation is 1. The fourth-order valence-electron chi connectivity index (χ4n) is 2.64.